The van der Waals surface area contributed by atoms with Gasteiger partial charge >= 0.3 is 0 Å². The first kappa shape index (κ1) is 12.7. The number of benzene rings is 1. The molecule has 0 unspecified atom stereocenters. The summed E-state index contributed by atoms with van der Waals surface area (Å²) in [7, 11) is 0. The minimum Gasteiger partial charge on any atom is -0.241 e. The Morgan fingerprint density at radius 1 is 1.24 bits per heavy atom. The molecule has 0 N–H and O–H groups in total. The van der Waals surface area contributed by atoms with Gasteiger partial charge in [0.15, 0.2) is 0 Å². The van der Waals surface area contributed by atoms with Crippen LogP contribution in [-0.2, 0) is 6.42 Å². The zero-order valence-electron chi connectivity index (χ0n) is 10.4. The molecule has 0 saturated carbocycles. The van der Waals surface area contributed by atoms with Crippen molar-refractivity contribution in [1.82, 2.24) is 4.98 Å². The smallest absolute Gasteiger partial charge is 0.0929 e. The lowest BCUT2D eigenvalue weighted by atomic mass is 10.2. The first-order chi connectivity index (χ1) is 8.19. The lowest BCUT2D eigenvalue weighted by molar-refractivity contribution is 1.10. The van der Waals surface area contributed by atoms with Gasteiger partial charge in [-0.2, -0.15) is 0 Å². The molecule has 0 aliphatic rings. The van der Waals surface area contributed by atoms with E-state index in [4.69, 9.17) is 0 Å². The van der Waals surface area contributed by atoms with E-state index in [9.17, 15) is 0 Å². The van der Waals surface area contributed by atoms with Crippen molar-refractivity contribution in [2.75, 3.05) is 0 Å². The van der Waals surface area contributed by atoms with Crippen LogP contribution in [0.1, 0.15) is 25.8 Å². The predicted octanol–water partition coefficient (Wildman–Crippen LogP) is 4.87. The molecule has 0 saturated heterocycles. The molecule has 2 aromatic rings. The fourth-order valence-corrected chi connectivity index (χ4v) is 3.17. The van der Waals surface area contributed by atoms with Gasteiger partial charge in [0, 0.05) is 21.1 Å². The second kappa shape index (κ2) is 5.69. The van der Waals surface area contributed by atoms with E-state index in [0.717, 1.165) is 12.1 Å². The molecule has 0 atom stereocenters. The number of nitrogens with zero attached hydrogens (tertiary/aromatic N) is 1. The third kappa shape index (κ3) is 3.33. The van der Waals surface area contributed by atoms with Crippen LogP contribution in [-0.4, -0.2) is 10.2 Å². The Hall–Kier alpha value is -0.800. The Kier molecular flexibility index (Phi) is 4.24. The van der Waals surface area contributed by atoms with Crippen molar-refractivity contribution in [3.8, 4) is 11.3 Å². The van der Waals surface area contributed by atoms with E-state index in [1.165, 1.54) is 15.5 Å². The van der Waals surface area contributed by atoms with Gasteiger partial charge in [-0.25, -0.2) is 4.98 Å². The summed E-state index contributed by atoms with van der Waals surface area (Å²) in [6.07, 6.45) is 1.02. The van der Waals surface area contributed by atoms with Gasteiger partial charge in [0.25, 0.3) is 0 Å². The number of aromatic nitrogens is 1. The predicted molar refractivity (Wildman–Crippen MR) is 77.9 cm³/mol. The molecular formula is C14H17NS2. The molecular weight excluding hydrogens is 246 g/mol. The molecule has 17 heavy (non-hydrogen) atoms. The van der Waals surface area contributed by atoms with E-state index in [1.807, 2.05) is 11.8 Å². The summed E-state index contributed by atoms with van der Waals surface area (Å²) < 4.78 is 0. The van der Waals surface area contributed by atoms with Crippen molar-refractivity contribution < 1.29 is 0 Å². The van der Waals surface area contributed by atoms with Gasteiger partial charge in [-0.1, -0.05) is 32.9 Å². The zero-order chi connectivity index (χ0) is 12.3. The fourth-order valence-electron chi connectivity index (χ4n) is 1.58. The van der Waals surface area contributed by atoms with Crippen LogP contribution in [0.3, 0.4) is 0 Å². The molecule has 1 aromatic heterocycles. The Balaban J connectivity index is 2.17. The van der Waals surface area contributed by atoms with Crippen LogP contribution in [0.5, 0.6) is 0 Å². The standard InChI is InChI=1S/C14H17NS2/c1-4-14-15-13(9-16-14)11-5-7-12(8-6-11)17-10(2)3/h5-10H,4H2,1-3H3. The van der Waals surface area contributed by atoms with Gasteiger partial charge in [0.1, 0.15) is 0 Å². The van der Waals surface area contributed by atoms with Gasteiger partial charge in [0.05, 0.1) is 10.7 Å². The number of hydrogen-bond donors (Lipinski definition) is 0. The quantitative estimate of drug-likeness (QED) is 0.730. The minimum absolute atomic E-state index is 0.631. The number of rotatable bonds is 4. The minimum atomic E-state index is 0.631. The van der Waals surface area contributed by atoms with E-state index in [2.05, 4.69) is 55.4 Å². The van der Waals surface area contributed by atoms with Gasteiger partial charge < -0.3 is 0 Å². The first-order valence-corrected chi connectivity index (χ1v) is 7.66. The molecule has 1 aromatic carbocycles. The van der Waals surface area contributed by atoms with Gasteiger partial charge in [-0.05, 0) is 18.6 Å². The molecule has 0 aliphatic heterocycles. The van der Waals surface area contributed by atoms with Crippen LogP contribution < -0.4 is 0 Å². The molecule has 0 amide bonds. The van der Waals surface area contributed by atoms with E-state index in [1.54, 1.807) is 11.3 Å². The summed E-state index contributed by atoms with van der Waals surface area (Å²) in [6, 6.07) is 8.70. The molecule has 0 spiro atoms. The summed E-state index contributed by atoms with van der Waals surface area (Å²) >= 11 is 3.64. The van der Waals surface area contributed by atoms with Crippen molar-refractivity contribution in [3.05, 3.63) is 34.7 Å². The Bertz CT molecular complexity index is 471. The monoisotopic (exact) mass is 263 g/mol. The lowest BCUT2D eigenvalue weighted by Crippen LogP contribution is -1.86. The van der Waals surface area contributed by atoms with E-state index < -0.39 is 0 Å². The second-order valence-corrected chi connectivity index (χ2v) is 6.76. The molecule has 2 rings (SSSR count). The molecule has 0 radical (unpaired) electrons. The van der Waals surface area contributed by atoms with E-state index >= 15 is 0 Å². The van der Waals surface area contributed by atoms with Crippen LogP contribution in [0.25, 0.3) is 11.3 Å². The van der Waals surface area contributed by atoms with Crippen molar-refractivity contribution in [2.45, 2.75) is 37.3 Å². The SMILES string of the molecule is CCc1nc(-c2ccc(SC(C)C)cc2)cs1. The highest BCUT2D eigenvalue weighted by Crippen LogP contribution is 2.27. The molecule has 3 heteroatoms. The third-order valence-corrected chi connectivity index (χ3v) is 4.38. The largest absolute Gasteiger partial charge is 0.241 e. The van der Waals surface area contributed by atoms with Crippen LogP contribution in [0.2, 0.25) is 0 Å². The van der Waals surface area contributed by atoms with Crippen LogP contribution in [0.4, 0.5) is 0 Å². The number of thioether (sulfide) groups is 1. The summed E-state index contributed by atoms with van der Waals surface area (Å²) in [5.74, 6) is 0. The van der Waals surface area contributed by atoms with Crippen LogP contribution in [0, 0.1) is 0 Å². The summed E-state index contributed by atoms with van der Waals surface area (Å²) in [5, 5.41) is 3.98. The van der Waals surface area contributed by atoms with Crippen LogP contribution in [0.15, 0.2) is 34.5 Å². The summed E-state index contributed by atoms with van der Waals surface area (Å²) in [4.78, 5) is 5.93. The average molecular weight is 263 g/mol. The lowest BCUT2D eigenvalue weighted by Gasteiger charge is -2.05. The maximum absolute atomic E-state index is 4.60. The Morgan fingerprint density at radius 2 is 1.94 bits per heavy atom. The maximum atomic E-state index is 4.60. The first-order valence-electron chi connectivity index (χ1n) is 5.90. The summed E-state index contributed by atoms with van der Waals surface area (Å²) in [6.45, 7) is 6.57. The van der Waals surface area contributed by atoms with Crippen molar-refractivity contribution in [1.29, 1.82) is 0 Å². The highest BCUT2D eigenvalue weighted by molar-refractivity contribution is 7.99. The molecule has 0 aliphatic carbocycles. The molecule has 1 nitrogen and oxygen atoms in total. The van der Waals surface area contributed by atoms with E-state index in [-0.39, 0.29) is 0 Å². The highest BCUT2D eigenvalue weighted by atomic mass is 32.2. The third-order valence-electron chi connectivity index (χ3n) is 2.38. The molecule has 0 bridgehead atoms. The van der Waals surface area contributed by atoms with E-state index in [0.29, 0.717) is 5.25 Å². The molecule has 0 fully saturated rings. The number of hydrogen-bond acceptors (Lipinski definition) is 3. The Morgan fingerprint density at radius 3 is 2.47 bits per heavy atom. The van der Waals surface area contributed by atoms with Crippen molar-refractivity contribution in [2.24, 2.45) is 0 Å². The Labute approximate surface area is 111 Å². The van der Waals surface area contributed by atoms with Crippen molar-refractivity contribution >= 4 is 23.1 Å². The maximum Gasteiger partial charge on any atom is 0.0929 e. The zero-order valence-corrected chi connectivity index (χ0v) is 12.1. The average Bonchev–Trinajstić information content (AvgIpc) is 2.78. The fraction of sp³-hybridized carbons (Fsp3) is 0.357. The van der Waals surface area contributed by atoms with Gasteiger partial charge in [-0.3, -0.25) is 0 Å². The van der Waals surface area contributed by atoms with Crippen LogP contribution >= 0.6 is 23.1 Å². The highest BCUT2D eigenvalue weighted by Gasteiger charge is 2.04. The van der Waals surface area contributed by atoms with Gasteiger partial charge in [0.2, 0.25) is 0 Å². The van der Waals surface area contributed by atoms with Gasteiger partial charge in [-0.15, -0.1) is 23.1 Å². The normalized spacial score (nSPS) is 11.1. The van der Waals surface area contributed by atoms with Crippen molar-refractivity contribution in [3.63, 3.8) is 0 Å². The topological polar surface area (TPSA) is 12.9 Å². The molecule has 1 heterocycles. The molecule has 90 valence electrons. The summed E-state index contributed by atoms with van der Waals surface area (Å²) in [5.41, 5.74) is 2.32. The second-order valence-electron chi connectivity index (χ2n) is 4.17. The number of aryl methyl sites for hydroxylation is 1. The number of thiazole rings is 1.